The number of hydrogen-bond acceptors (Lipinski definition) is 4. The Bertz CT molecular complexity index is 332. The van der Waals surface area contributed by atoms with Gasteiger partial charge >= 0.3 is 5.97 Å². The average molecular weight is 201 g/mol. The van der Waals surface area contributed by atoms with E-state index in [1.165, 1.54) is 7.11 Å². The van der Waals surface area contributed by atoms with Gasteiger partial charge < -0.3 is 15.6 Å². The van der Waals surface area contributed by atoms with Gasteiger partial charge in [-0.15, -0.1) is 0 Å². The molecular weight excluding hydrogens is 190 g/mol. The number of thiophene rings is 1. The van der Waals surface area contributed by atoms with Gasteiger partial charge in [-0.2, -0.15) is 0 Å². The van der Waals surface area contributed by atoms with Crippen molar-refractivity contribution in [1.29, 1.82) is 0 Å². The van der Waals surface area contributed by atoms with Crippen LogP contribution in [0.5, 0.6) is 5.06 Å². The molecule has 1 aromatic rings. The minimum atomic E-state index is -1.000. The number of carboxylic acids is 1. The molecule has 3 N–H and O–H groups in total. The first-order valence-electron chi connectivity index (χ1n) is 3.80. The SMILES string of the molecule is CCc1c(OC)sc(C(=O)O)c1N. The molecule has 0 aliphatic rings. The number of methoxy groups -OCH3 is 1. The van der Waals surface area contributed by atoms with Gasteiger partial charge in [-0.05, 0) is 6.42 Å². The zero-order chi connectivity index (χ0) is 10.0. The Hall–Kier alpha value is -1.23. The molecule has 0 aliphatic heterocycles. The zero-order valence-corrected chi connectivity index (χ0v) is 8.27. The van der Waals surface area contributed by atoms with Crippen LogP contribution in [0.15, 0.2) is 0 Å². The molecule has 0 saturated carbocycles. The molecule has 0 spiro atoms. The number of carboxylic acid groups (broad SMARTS) is 1. The summed E-state index contributed by atoms with van der Waals surface area (Å²) in [5, 5.41) is 9.36. The van der Waals surface area contributed by atoms with Gasteiger partial charge in [0.25, 0.3) is 0 Å². The highest BCUT2D eigenvalue weighted by Crippen LogP contribution is 2.37. The van der Waals surface area contributed by atoms with Gasteiger partial charge in [-0.25, -0.2) is 4.79 Å². The maximum absolute atomic E-state index is 10.7. The van der Waals surface area contributed by atoms with E-state index in [-0.39, 0.29) is 4.88 Å². The molecule has 0 atom stereocenters. The summed E-state index contributed by atoms with van der Waals surface area (Å²) in [5.41, 5.74) is 6.75. The molecule has 0 unspecified atom stereocenters. The van der Waals surface area contributed by atoms with Gasteiger partial charge in [-0.1, -0.05) is 18.3 Å². The number of carbonyl (C=O) groups is 1. The normalized spacial score (nSPS) is 10.0. The van der Waals surface area contributed by atoms with Crippen LogP contribution in [0.1, 0.15) is 22.2 Å². The second-order valence-corrected chi connectivity index (χ2v) is 3.46. The zero-order valence-electron chi connectivity index (χ0n) is 7.46. The van der Waals surface area contributed by atoms with Gasteiger partial charge in [0.2, 0.25) is 0 Å². The molecule has 1 rings (SSSR count). The van der Waals surface area contributed by atoms with E-state index in [0.717, 1.165) is 16.9 Å². The fraction of sp³-hybridized carbons (Fsp3) is 0.375. The lowest BCUT2D eigenvalue weighted by molar-refractivity contribution is 0.0703. The van der Waals surface area contributed by atoms with Crippen LogP contribution in [-0.4, -0.2) is 18.2 Å². The molecule has 1 aromatic heterocycles. The van der Waals surface area contributed by atoms with Crippen LogP contribution < -0.4 is 10.5 Å². The fourth-order valence-corrected chi connectivity index (χ4v) is 2.08. The minimum absolute atomic E-state index is 0.161. The topological polar surface area (TPSA) is 72.5 Å². The molecule has 0 saturated heterocycles. The van der Waals surface area contributed by atoms with E-state index in [0.29, 0.717) is 17.2 Å². The third-order valence-corrected chi connectivity index (χ3v) is 2.94. The van der Waals surface area contributed by atoms with Gasteiger partial charge in [0.1, 0.15) is 4.88 Å². The fourth-order valence-electron chi connectivity index (χ4n) is 1.11. The monoisotopic (exact) mass is 201 g/mol. The first kappa shape index (κ1) is 9.85. The van der Waals surface area contributed by atoms with Gasteiger partial charge in [0, 0.05) is 5.56 Å². The van der Waals surface area contributed by atoms with Crippen molar-refractivity contribution >= 4 is 23.0 Å². The van der Waals surface area contributed by atoms with Crippen LogP contribution in [0, 0.1) is 0 Å². The summed E-state index contributed by atoms with van der Waals surface area (Å²) in [6.07, 6.45) is 0.679. The van der Waals surface area contributed by atoms with E-state index >= 15 is 0 Å². The molecule has 0 fully saturated rings. The molecule has 1 heterocycles. The molecule has 0 radical (unpaired) electrons. The van der Waals surface area contributed by atoms with Crippen molar-refractivity contribution in [2.24, 2.45) is 0 Å². The van der Waals surface area contributed by atoms with Crippen LogP contribution in [-0.2, 0) is 6.42 Å². The lowest BCUT2D eigenvalue weighted by Gasteiger charge is -1.98. The Labute approximate surface area is 79.9 Å². The third-order valence-electron chi connectivity index (χ3n) is 1.74. The average Bonchev–Trinajstić information content (AvgIpc) is 2.41. The van der Waals surface area contributed by atoms with E-state index < -0.39 is 5.97 Å². The number of nitrogen functional groups attached to an aromatic ring is 1. The largest absolute Gasteiger partial charge is 0.487 e. The van der Waals surface area contributed by atoms with Crippen molar-refractivity contribution in [3.63, 3.8) is 0 Å². The molecule has 5 heteroatoms. The molecule has 0 amide bonds. The highest BCUT2D eigenvalue weighted by molar-refractivity contribution is 7.16. The van der Waals surface area contributed by atoms with Gasteiger partial charge in [0.15, 0.2) is 5.06 Å². The summed E-state index contributed by atoms with van der Waals surface area (Å²) < 4.78 is 5.02. The van der Waals surface area contributed by atoms with Crippen LogP contribution in [0.2, 0.25) is 0 Å². The first-order chi connectivity index (χ1) is 6.11. The van der Waals surface area contributed by atoms with Gasteiger partial charge in [0.05, 0.1) is 12.8 Å². The predicted molar refractivity (Wildman–Crippen MR) is 51.6 cm³/mol. The second-order valence-electron chi connectivity index (χ2n) is 2.47. The molecule has 0 aliphatic carbocycles. The maximum Gasteiger partial charge on any atom is 0.348 e. The van der Waals surface area contributed by atoms with E-state index in [9.17, 15) is 4.79 Å². The van der Waals surface area contributed by atoms with Crippen molar-refractivity contribution < 1.29 is 14.6 Å². The summed E-state index contributed by atoms with van der Waals surface area (Å²) in [5.74, 6) is -1.000. The number of rotatable bonds is 3. The van der Waals surface area contributed by atoms with E-state index in [1.54, 1.807) is 0 Å². The summed E-state index contributed by atoms with van der Waals surface area (Å²) in [6, 6.07) is 0. The van der Waals surface area contributed by atoms with Crippen molar-refractivity contribution in [3.8, 4) is 5.06 Å². The van der Waals surface area contributed by atoms with Crippen molar-refractivity contribution in [2.75, 3.05) is 12.8 Å². The van der Waals surface area contributed by atoms with E-state index in [1.807, 2.05) is 6.92 Å². The molecule has 0 aromatic carbocycles. The van der Waals surface area contributed by atoms with Crippen molar-refractivity contribution in [2.45, 2.75) is 13.3 Å². The molecule has 4 nitrogen and oxygen atoms in total. The van der Waals surface area contributed by atoms with Crippen LogP contribution in [0.4, 0.5) is 5.69 Å². The van der Waals surface area contributed by atoms with Crippen LogP contribution in [0.3, 0.4) is 0 Å². The standard InChI is InChI=1S/C8H11NO3S/c1-3-4-5(9)6(7(10)11)13-8(4)12-2/h3,9H2,1-2H3,(H,10,11). The Morgan fingerprint density at radius 3 is 2.62 bits per heavy atom. The summed E-state index contributed by atoms with van der Waals surface area (Å²) >= 11 is 1.07. The van der Waals surface area contributed by atoms with E-state index in [4.69, 9.17) is 15.6 Å². The smallest absolute Gasteiger partial charge is 0.348 e. The predicted octanol–water partition coefficient (Wildman–Crippen LogP) is 1.60. The number of anilines is 1. The quantitative estimate of drug-likeness (QED) is 0.779. The lowest BCUT2D eigenvalue weighted by Crippen LogP contribution is -1.99. The number of nitrogens with two attached hydrogens (primary N) is 1. The minimum Gasteiger partial charge on any atom is -0.487 e. The van der Waals surface area contributed by atoms with Crippen LogP contribution >= 0.6 is 11.3 Å². The first-order valence-corrected chi connectivity index (χ1v) is 4.61. The Kier molecular flexibility index (Phi) is 2.77. The van der Waals surface area contributed by atoms with Crippen molar-refractivity contribution in [3.05, 3.63) is 10.4 Å². The number of ether oxygens (including phenoxy) is 1. The molecule has 13 heavy (non-hydrogen) atoms. The lowest BCUT2D eigenvalue weighted by atomic mass is 10.2. The summed E-state index contributed by atoms with van der Waals surface area (Å²) in [7, 11) is 1.51. The molecule has 0 bridgehead atoms. The van der Waals surface area contributed by atoms with E-state index in [2.05, 4.69) is 0 Å². The van der Waals surface area contributed by atoms with Gasteiger partial charge in [-0.3, -0.25) is 0 Å². The summed E-state index contributed by atoms with van der Waals surface area (Å²) in [4.78, 5) is 10.9. The Morgan fingerprint density at radius 1 is 1.69 bits per heavy atom. The van der Waals surface area contributed by atoms with Crippen LogP contribution in [0.25, 0.3) is 0 Å². The third kappa shape index (κ3) is 1.60. The molecule has 72 valence electrons. The number of aromatic carboxylic acids is 1. The highest BCUT2D eigenvalue weighted by Gasteiger charge is 2.19. The Balaban J connectivity index is 3.26. The van der Waals surface area contributed by atoms with Crippen molar-refractivity contribution in [1.82, 2.24) is 0 Å². The number of hydrogen-bond donors (Lipinski definition) is 2. The molecular formula is C8H11NO3S. The summed E-state index contributed by atoms with van der Waals surface area (Å²) in [6.45, 7) is 1.91. The second kappa shape index (κ2) is 3.66. The highest BCUT2D eigenvalue weighted by atomic mass is 32.1. The maximum atomic E-state index is 10.7. The Morgan fingerprint density at radius 2 is 2.31 bits per heavy atom.